The fraction of sp³-hybridized carbons (Fsp3) is 0.417. The van der Waals surface area contributed by atoms with Gasteiger partial charge in [-0.3, -0.25) is 4.79 Å². The second-order valence-corrected chi connectivity index (χ2v) is 3.85. The maximum Gasteiger partial charge on any atom is 0.260 e. The minimum atomic E-state index is -0.740. The van der Waals surface area contributed by atoms with Crippen molar-refractivity contribution in [3.8, 4) is 5.75 Å². The van der Waals surface area contributed by atoms with Crippen LogP contribution >= 0.6 is 0 Å². The molecule has 0 aliphatic rings. The van der Waals surface area contributed by atoms with Crippen LogP contribution in [0.3, 0.4) is 0 Å². The number of hydrogen-bond donors (Lipinski definition) is 2. The summed E-state index contributed by atoms with van der Waals surface area (Å²) in [5.74, 6) is -0.776. The fourth-order valence-electron chi connectivity index (χ4n) is 1.34. The first-order valence-corrected chi connectivity index (χ1v) is 5.39. The van der Waals surface area contributed by atoms with E-state index < -0.39 is 11.9 Å². The van der Waals surface area contributed by atoms with Gasteiger partial charge >= 0.3 is 0 Å². The molecule has 1 aromatic rings. The Morgan fingerprint density at radius 1 is 1.47 bits per heavy atom. The zero-order chi connectivity index (χ0) is 13.0. The van der Waals surface area contributed by atoms with Crippen LogP contribution in [0, 0.1) is 5.82 Å². The van der Waals surface area contributed by atoms with Crippen LogP contribution in [0.2, 0.25) is 0 Å². The van der Waals surface area contributed by atoms with Crippen LogP contribution in [-0.4, -0.2) is 19.1 Å². The van der Waals surface area contributed by atoms with Crippen molar-refractivity contribution in [2.24, 2.45) is 5.73 Å². The number of ether oxygens (including phenoxy) is 1. The first-order valence-electron chi connectivity index (χ1n) is 5.39. The average Bonchev–Trinajstić information content (AvgIpc) is 2.30. The predicted molar refractivity (Wildman–Crippen MR) is 63.2 cm³/mol. The lowest BCUT2D eigenvalue weighted by Gasteiger charge is -2.14. The zero-order valence-corrected chi connectivity index (χ0v) is 10.2. The smallest absolute Gasteiger partial charge is 0.260 e. The van der Waals surface area contributed by atoms with Gasteiger partial charge in [0.05, 0.1) is 0 Å². The number of hydrogen-bond acceptors (Lipinski definition) is 3. The molecule has 1 aromatic carbocycles. The molecule has 0 aliphatic carbocycles. The molecule has 0 spiro atoms. The summed E-state index contributed by atoms with van der Waals surface area (Å²) in [7, 11) is 1.50. The van der Waals surface area contributed by atoms with Crippen molar-refractivity contribution < 1.29 is 13.9 Å². The van der Waals surface area contributed by atoms with Gasteiger partial charge in [-0.05, 0) is 31.5 Å². The number of carbonyl (C=O) groups is 1. The maximum absolute atomic E-state index is 13.6. The number of carbonyl (C=O) groups excluding carboxylic acids is 1. The van der Waals surface area contributed by atoms with Crippen LogP contribution < -0.4 is 15.8 Å². The molecule has 0 saturated heterocycles. The molecule has 0 bridgehead atoms. The molecule has 0 aliphatic heterocycles. The summed E-state index contributed by atoms with van der Waals surface area (Å²) < 4.78 is 18.8. The van der Waals surface area contributed by atoms with E-state index in [1.165, 1.54) is 19.2 Å². The van der Waals surface area contributed by atoms with Crippen molar-refractivity contribution in [3.05, 3.63) is 29.6 Å². The number of likely N-dealkylation sites (N-methyl/N-ethyl adjacent to an activating group) is 1. The van der Waals surface area contributed by atoms with Gasteiger partial charge in [0.25, 0.3) is 5.91 Å². The van der Waals surface area contributed by atoms with Gasteiger partial charge in [0.2, 0.25) is 0 Å². The van der Waals surface area contributed by atoms with Crippen LogP contribution in [-0.2, 0) is 4.79 Å². The molecule has 0 radical (unpaired) electrons. The Balaban J connectivity index is 2.83. The van der Waals surface area contributed by atoms with Gasteiger partial charge in [0, 0.05) is 13.1 Å². The SMILES string of the molecule is CNC(=O)C(C)Oc1ccc(C(C)N)cc1F. The van der Waals surface area contributed by atoms with Crippen molar-refractivity contribution in [2.75, 3.05) is 7.05 Å². The van der Waals surface area contributed by atoms with E-state index in [0.717, 1.165) is 0 Å². The lowest BCUT2D eigenvalue weighted by Crippen LogP contribution is -2.33. The van der Waals surface area contributed by atoms with Crippen LogP contribution in [0.1, 0.15) is 25.5 Å². The van der Waals surface area contributed by atoms with Crippen LogP contribution in [0.25, 0.3) is 0 Å². The summed E-state index contributed by atoms with van der Waals surface area (Å²) in [5, 5.41) is 2.43. The summed E-state index contributed by atoms with van der Waals surface area (Å²) >= 11 is 0. The fourth-order valence-corrected chi connectivity index (χ4v) is 1.34. The Labute approximate surface area is 100.0 Å². The van der Waals surface area contributed by atoms with Crippen molar-refractivity contribution in [1.82, 2.24) is 5.32 Å². The second-order valence-electron chi connectivity index (χ2n) is 3.85. The van der Waals surface area contributed by atoms with Crippen LogP contribution in [0.4, 0.5) is 4.39 Å². The Hall–Kier alpha value is -1.62. The number of nitrogens with two attached hydrogens (primary N) is 1. The van der Waals surface area contributed by atoms with E-state index >= 15 is 0 Å². The molecular weight excluding hydrogens is 223 g/mol. The number of halogens is 1. The summed E-state index contributed by atoms with van der Waals surface area (Å²) in [5.41, 5.74) is 6.31. The van der Waals surface area contributed by atoms with E-state index in [1.807, 2.05) is 0 Å². The molecule has 2 unspecified atom stereocenters. The van der Waals surface area contributed by atoms with Crippen molar-refractivity contribution in [1.29, 1.82) is 0 Å². The molecule has 5 heteroatoms. The molecule has 0 fully saturated rings. The lowest BCUT2D eigenvalue weighted by atomic mass is 10.1. The van der Waals surface area contributed by atoms with Gasteiger partial charge in [-0.2, -0.15) is 0 Å². The summed E-state index contributed by atoms with van der Waals surface area (Å²) in [4.78, 5) is 11.2. The maximum atomic E-state index is 13.6. The van der Waals surface area contributed by atoms with Gasteiger partial charge in [0.15, 0.2) is 17.7 Å². The minimum absolute atomic E-state index is 0.0468. The Kier molecular flexibility index (Phi) is 4.45. The topological polar surface area (TPSA) is 64.3 Å². The highest BCUT2D eigenvalue weighted by Gasteiger charge is 2.15. The van der Waals surface area contributed by atoms with Gasteiger partial charge in [-0.15, -0.1) is 0 Å². The van der Waals surface area contributed by atoms with Gasteiger partial charge in [-0.25, -0.2) is 4.39 Å². The highest BCUT2D eigenvalue weighted by molar-refractivity contribution is 5.80. The van der Waals surface area contributed by atoms with Crippen molar-refractivity contribution in [2.45, 2.75) is 26.0 Å². The first kappa shape index (κ1) is 13.4. The molecule has 1 amide bonds. The lowest BCUT2D eigenvalue weighted by molar-refractivity contribution is -0.126. The molecule has 94 valence electrons. The summed E-state index contributed by atoms with van der Waals surface area (Å²) in [6.45, 7) is 3.32. The second kappa shape index (κ2) is 5.63. The van der Waals surface area contributed by atoms with E-state index in [4.69, 9.17) is 10.5 Å². The standard InChI is InChI=1S/C12H17FN2O2/c1-7(14)9-4-5-11(10(13)6-9)17-8(2)12(16)15-3/h4-8H,14H2,1-3H3,(H,15,16). The zero-order valence-electron chi connectivity index (χ0n) is 10.2. The molecule has 4 nitrogen and oxygen atoms in total. The molecule has 3 N–H and O–H groups in total. The molecule has 1 rings (SSSR count). The monoisotopic (exact) mass is 240 g/mol. The summed E-state index contributed by atoms with van der Waals surface area (Å²) in [6, 6.07) is 4.24. The van der Waals surface area contributed by atoms with E-state index in [2.05, 4.69) is 5.32 Å². The number of rotatable bonds is 4. The molecule has 17 heavy (non-hydrogen) atoms. The average molecular weight is 240 g/mol. The van der Waals surface area contributed by atoms with Crippen molar-refractivity contribution >= 4 is 5.91 Å². The number of nitrogens with one attached hydrogen (secondary N) is 1. The predicted octanol–water partition coefficient (Wildman–Crippen LogP) is 1.36. The molecule has 2 atom stereocenters. The Morgan fingerprint density at radius 3 is 2.59 bits per heavy atom. The van der Waals surface area contributed by atoms with Gasteiger partial charge in [0.1, 0.15) is 0 Å². The summed E-state index contributed by atoms with van der Waals surface area (Å²) in [6.07, 6.45) is -0.740. The van der Waals surface area contributed by atoms with E-state index in [0.29, 0.717) is 5.56 Å². The molecular formula is C12H17FN2O2. The highest BCUT2D eigenvalue weighted by Crippen LogP contribution is 2.22. The first-order chi connectivity index (χ1) is 7.95. The highest BCUT2D eigenvalue weighted by atomic mass is 19.1. The van der Waals surface area contributed by atoms with E-state index in [9.17, 15) is 9.18 Å². The van der Waals surface area contributed by atoms with E-state index in [1.54, 1.807) is 19.9 Å². The molecule has 0 saturated carbocycles. The normalized spacial score (nSPS) is 13.9. The minimum Gasteiger partial charge on any atom is -0.478 e. The Morgan fingerprint density at radius 2 is 2.12 bits per heavy atom. The molecule has 0 aromatic heterocycles. The third-order valence-corrected chi connectivity index (χ3v) is 2.40. The van der Waals surface area contributed by atoms with Crippen molar-refractivity contribution in [3.63, 3.8) is 0 Å². The Bertz CT molecular complexity index is 407. The quantitative estimate of drug-likeness (QED) is 0.835. The van der Waals surface area contributed by atoms with E-state index in [-0.39, 0.29) is 17.7 Å². The van der Waals surface area contributed by atoms with Crippen LogP contribution in [0.15, 0.2) is 18.2 Å². The third kappa shape index (κ3) is 3.42. The third-order valence-electron chi connectivity index (χ3n) is 2.40. The van der Waals surface area contributed by atoms with Gasteiger partial charge < -0.3 is 15.8 Å². The number of amides is 1. The largest absolute Gasteiger partial charge is 0.478 e. The number of benzene rings is 1. The van der Waals surface area contributed by atoms with Gasteiger partial charge in [-0.1, -0.05) is 6.07 Å². The molecule has 0 heterocycles. The van der Waals surface area contributed by atoms with Crippen LogP contribution in [0.5, 0.6) is 5.75 Å².